The molecule has 1 aromatic carbocycles. The summed E-state index contributed by atoms with van der Waals surface area (Å²) in [5, 5.41) is 8.02. The Balaban J connectivity index is 2.19. The molecular weight excluding hydrogens is 370 g/mol. The van der Waals surface area contributed by atoms with Crippen molar-refractivity contribution < 1.29 is 0 Å². The quantitative estimate of drug-likeness (QED) is 0.852. The Hall–Kier alpha value is -0.650. The number of halogens is 2. The minimum absolute atomic E-state index is 0.0974. The summed E-state index contributed by atoms with van der Waals surface area (Å²) in [6.45, 7) is 7.21. The molecule has 2 rings (SSSR count). The maximum atomic E-state index is 4.59. The molecule has 3 nitrogen and oxygen atoms in total. The van der Waals surface area contributed by atoms with Gasteiger partial charge in [0.1, 0.15) is 0 Å². The second kappa shape index (κ2) is 5.77. The highest BCUT2D eigenvalue weighted by Crippen LogP contribution is 2.24. The fourth-order valence-electron chi connectivity index (χ4n) is 1.61. The van der Waals surface area contributed by atoms with Crippen molar-refractivity contribution >= 4 is 31.9 Å². The van der Waals surface area contributed by atoms with Crippen molar-refractivity contribution in [2.75, 3.05) is 0 Å². The van der Waals surface area contributed by atoms with E-state index in [9.17, 15) is 0 Å². The standard InChI is InChI=1S/C14H17Br2N3/c1-14(2,3)17-9-11-6-7-19(18-11)13-8-10(15)4-5-12(13)16/h4-8,17H,9H2,1-3H3. The van der Waals surface area contributed by atoms with Crippen LogP contribution in [0.4, 0.5) is 0 Å². The summed E-state index contributed by atoms with van der Waals surface area (Å²) in [6.07, 6.45) is 1.98. The van der Waals surface area contributed by atoms with Crippen molar-refractivity contribution in [2.45, 2.75) is 32.9 Å². The van der Waals surface area contributed by atoms with Crippen LogP contribution in [0.2, 0.25) is 0 Å². The molecule has 0 unspecified atom stereocenters. The highest BCUT2D eigenvalue weighted by molar-refractivity contribution is 9.11. The Kier molecular flexibility index (Phi) is 4.48. The van der Waals surface area contributed by atoms with Crippen molar-refractivity contribution in [1.29, 1.82) is 0 Å². The zero-order chi connectivity index (χ0) is 14.0. The minimum Gasteiger partial charge on any atom is -0.306 e. The highest BCUT2D eigenvalue weighted by atomic mass is 79.9. The monoisotopic (exact) mass is 385 g/mol. The molecule has 0 fully saturated rings. The summed E-state index contributed by atoms with van der Waals surface area (Å²) >= 11 is 7.03. The molecule has 102 valence electrons. The van der Waals surface area contributed by atoms with Gasteiger partial charge in [0.05, 0.1) is 11.4 Å². The molecule has 1 N–H and O–H groups in total. The van der Waals surface area contributed by atoms with E-state index < -0.39 is 0 Å². The molecule has 0 bridgehead atoms. The minimum atomic E-state index is 0.0974. The third-order valence-corrected chi connectivity index (χ3v) is 3.76. The van der Waals surface area contributed by atoms with E-state index in [1.54, 1.807) is 0 Å². The summed E-state index contributed by atoms with van der Waals surface area (Å²) in [5.41, 5.74) is 2.15. The van der Waals surface area contributed by atoms with Gasteiger partial charge in [-0.3, -0.25) is 0 Å². The molecule has 0 aliphatic rings. The molecule has 1 aromatic heterocycles. The molecule has 19 heavy (non-hydrogen) atoms. The van der Waals surface area contributed by atoms with Crippen LogP contribution < -0.4 is 5.32 Å². The lowest BCUT2D eigenvalue weighted by Crippen LogP contribution is -2.35. The number of aromatic nitrogens is 2. The summed E-state index contributed by atoms with van der Waals surface area (Å²) in [5.74, 6) is 0. The van der Waals surface area contributed by atoms with Gasteiger partial charge in [-0.15, -0.1) is 0 Å². The van der Waals surface area contributed by atoms with Gasteiger partial charge in [-0.1, -0.05) is 15.9 Å². The normalized spacial score (nSPS) is 11.8. The van der Waals surface area contributed by atoms with Crippen LogP contribution in [-0.2, 0) is 6.54 Å². The predicted octanol–water partition coefficient (Wildman–Crippen LogP) is 4.29. The highest BCUT2D eigenvalue weighted by Gasteiger charge is 2.10. The number of nitrogens with one attached hydrogen (secondary N) is 1. The number of benzene rings is 1. The van der Waals surface area contributed by atoms with Gasteiger partial charge in [-0.05, 0) is 61.0 Å². The fraction of sp³-hybridized carbons (Fsp3) is 0.357. The van der Waals surface area contributed by atoms with Crippen LogP contribution in [0, 0.1) is 0 Å². The number of rotatable bonds is 3. The first-order valence-electron chi connectivity index (χ1n) is 6.10. The summed E-state index contributed by atoms with van der Waals surface area (Å²) in [6, 6.07) is 8.08. The van der Waals surface area contributed by atoms with E-state index >= 15 is 0 Å². The maximum Gasteiger partial charge on any atom is 0.0798 e. The average Bonchev–Trinajstić information content (AvgIpc) is 2.77. The fourth-order valence-corrected chi connectivity index (χ4v) is 2.38. The molecule has 0 radical (unpaired) electrons. The van der Waals surface area contributed by atoms with Crippen molar-refractivity contribution in [3.63, 3.8) is 0 Å². The van der Waals surface area contributed by atoms with Gasteiger partial charge in [0.2, 0.25) is 0 Å². The van der Waals surface area contributed by atoms with Crippen LogP contribution in [0.3, 0.4) is 0 Å². The summed E-state index contributed by atoms with van der Waals surface area (Å²) in [4.78, 5) is 0. The Morgan fingerprint density at radius 2 is 1.95 bits per heavy atom. The first-order chi connectivity index (χ1) is 8.85. The third-order valence-electron chi connectivity index (χ3n) is 2.60. The number of hydrogen-bond donors (Lipinski definition) is 1. The van der Waals surface area contributed by atoms with Crippen LogP contribution in [-0.4, -0.2) is 15.3 Å². The molecule has 5 heteroatoms. The van der Waals surface area contributed by atoms with Gasteiger partial charge in [-0.25, -0.2) is 4.68 Å². The molecule has 0 aliphatic carbocycles. The third kappa shape index (κ3) is 4.16. The second-order valence-corrected chi connectivity index (χ2v) is 7.22. The second-order valence-electron chi connectivity index (χ2n) is 5.45. The Morgan fingerprint density at radius 3 is 2.63 bits per heavy atom. The zero-order valence-electron chi connectivity index (χ0n) is 11.2. The van der Waals surface area contributed by atoms with Crippen LogP contribution >= 0.6 is 31.9 Å². The Labute approximate surface area is 130 Å². The largest absolute Gasteiger partial charge is 0.306 e. The molecule has 0 atom stereocenters. The molecule has 0 aliphatic heterocycles. The SMILES string of the molecule is CC(C)(C)NCc1ccn(-c2cc(Br)ccc2Br)n1. The lowest BCUT2D eigenvalue weighted by Gasteiger charge is -2.19. The van der Waals surface area contributed by atoms with Crippen molar-refractivity contribution in [3.8, 4) is 5.69 Å². The van der Waals surface area contributed by atoms with Crippen LogP contribution in [0.5, 0.6) is 0 Å². The van der Waals surface area contributed by atoms with E-state index in [2.05, 4.69) is 63.0 Å². The molecule has 0 saturated heterocycles. The molecular formula is C14H17Br2N3. The van der Waals surface area contributed by atoms with Gasteiger partial charge >= 0.3 is 0 Å². The van der Waals surface area contributed by atoms with E-state index in [4.69, 9.17) is 0 Å². The molecule has 0 amide bonds. The van der Waals surface area contributed by atoms with Gasteiger partial charge in [-0.2, -0.15) is 5.10 Å². The van der Waals surface area contributed by atoms with E-state index in [0.29, 0.717) is 0 Å². The van der Waals surface area contributed by atoms with Crippen LogP contribution in [0.25, 0.3) is 5.69 Å². The first-order valence-corrected chi connectivity index (χ1v) is 7.69. The zero-order valence-corrected chi connectivity index (χ0v) is 14.4. The van der Waals surface area contributed by atoms with E-state index in [1.165, 1.54) is 0 Å². The molecule has 0 saturated carbocycles. The summed E-state index contributed by atoms with van der Waals surface area (Å²) < 4.78 is 3.94. The van der Waals surface area contributed by atoms with Gasteiger partial charge < -0.3 is 5.32 Å². The number of hydrogen-bond acceptors (Lipinski definition) is 2. The number of nitrogens with zero attached hydrogens (tertiary/aromatic N) is 2. The average molecular weight is 387 g/mol. The molecule has 1 heterocycles. The summed E-state index contributed by atoms with van der Waals surface area (Å²) in [7, 11) is 0. The maximum absolute atomic E-state index is 4.59. The Bertz CT molecular complexity index is 570. The Morgan fingerprint density at radius 1 is 1.21 bits per heavy atom. The van der Waals surface area contributed by atoms with E-state index in [0.717, 1.165) is 26.9 Å². The van der Waals surface area contributed by atoms with Crippen molar-refractivity contribution in [3.05, 3.63) is 45.1 Å². The van der Waals surface area contributed by atoms with E-state index in [-0.39, 0.29) is 5.54 Å². The van der Waals surface area contributed by atoms with Crippen molar-refractivity contribution in [2.24, 2.45) is 0 Å². The smallest absolute Gasteiger partial charge is 0.0798 e. The predicted molar refractivity (Wildman–Crippen MR) is 85.6 cm³/mol. The van der Waals surface area contributed by atoms with Gasteiger partial charge in [0, 0.05) is 27.2 Å². The van der Waals surface area contributed by atoms with E-state index in [1.807, 2.05) is 35.1 Å². The van der Waals surface area contributed by atoms with Gasteiger partial charge in [0.15, 0.2) is 0 Å². The van der Waals surface area contributed by atoms with Crippen molar-refractivity contribution in [1.82, 2.24) is 15.1 Å². The van der Waals surface area contributed by atoms with Crippen LogP contribution in [0.15, 0.2) is 39.4 Å². The lowest BCUT2D eigenvalue weighted by molar-refractivity contribution is 0.420. The topological polar surface area (TPSA) is 29.9 Å². The molecule has 2 aromatic rings. The lowest BCUT2D eigenvalue weighted by atomic mass is 10.1. The van der Waals surface area contributed by atoms with Crippen LogP contribution in [0.1, 0.15) is 26.5 Å². The molecule has 0 spiro atoms. The first kappa shape index (κ1) is 14.8. The van der Waals surface area contributed by atoms with Gasteiger partial charge in [0.25, 0.3) is 0 Å².